The molecule has 0 aliphatic heterocycles. The van der Waals surface area contributed by atoms with E-state index in [1.165, 1.54) is 0 Å². The van der Waals surface area contributed by atoms with Crippen LogP contribution in [-0.4, -0.2) is 17.6 Å². The van der Waals surface area contributed by atoms with Gasteiger partial charge in [0.2, 0.25) is 0 Å². The van der Waals surface area contributed by atoms with Gasteiger partial charge in [0.15, 0.2) is 0 Å². The van der Waals surface area contributed by atoms with E-state index in [2.05, 4.69) is 5.32 Å². The summed E-state index contributed by atoms with van der Waals surface area (Å²) in [6.07, 6.45) is 0. The number of halogens is 3. The van der Waals surface area contributed by atoms with E-state index in [1.807, 2.05) is 0 Å². The highest BCUT2D eigenvalue weighted by Gasteiger charge is 2.13. The Balaban J connectivity index is 2.78. The van der Waals surface area contributed by atoms with Gasteiger partial charge in [-0.3, -0.25) is 4.79 Å². The van der Waals surface area contributed by atoms with Crippen molar-refractivity contribution in [1.29, 1.82) is 0 Å². The average molecular weight is 266 g/mol. The van der Waals surface area contributed by atoms with Gasteiger partial charge in [-0.1, -0.05) is 30.1 Å². The van der Waals surface area contributed by atoms with Crippen molar-refractivity contribution in [3.05, 3.63) is 28.0 Å². The van der Waals surface area contributed by atoms with Gasteiger partial charge < -0.3 is 10.4 Å². The van der Waals surface area contributed by atoms with Crippen molar-refractivity contribution in [3.63, 3.8) is 0 Å². The second-order valence-electron chi connectivity index (χ2n) is 3.36. The highest BCUT2D eigenvalue weighted by atomic mass is 35.5. The van der Waals surface area contributed by atoms with Gasteiger partial charge in [-0.15, -0.1) is 0 Å². The summed E-state index contributed by atoms with van der Waals surface area (Å²) >= 11 is 11.5. The summed E-state index contributed by atoms with van der Waals surface area (Å²) in [6, 6.07) is 2.22. The topological polar surface area (TPSA) is 49.3 Å². The molecular weight excluding hydrogens is 256 g/mol. The summed E-state index contributed by atoms with van der Waals surface area (Å²) in [4.78, 5) is 10.6. The number of benzene rings is 1. The Kier molecular flexibility index (Phi) is 4.38. The molecule has 2 N–H and O–H groups in total. The molecule has 0 aliphatic rings. The smallest absolute Gasteiger partial charge is 0.308 e. The minimum absolute atomic E-state index is 0.127. The first-order chi connectivity index (χ1) is 7.41. The first-order valence-electron chi connectivity index (χ1n) is 4.53. The molecule has 0 saturated carbocycles. The van der Waals surface area contributed by atoms with E-state index < -0.39 is 17.7 Å². The lowest BCUT2D eigenvalue weighted by Crippen LogP contribution is -2.19. The van der Waals surface area contributed by atoms with E-state index in [-0.39, 0.29) is 16.6 Å². The maximum atomic E-state index is 12.8. The van der Waals surface area contributed by atoms with Crippen molar-refractivity contribution < 1.29 is 14.3 Å². The van der Waals surface area contributed by atoms with E-state index >= 15 is 0 Å². The number of nitrogens with one attached hydrogen (secondary N) is 1. The number of rotatable bonds is 4. The van der Waals surface area contributed by atoms with Crippen LogP contribution >= 0.6 is 23.2 Å². The predicted molar refractivity (Wildman–Crippen MR) is 61.7 cm³/mol. The molecule has 0 bridgehead atoms. The number of carbonyl (C=O) groups is 1. The van der Waals surface area contributed by atoms with Gasteiger partial charge in [0, 0.05) is 6.54 Å². The lowest BCUT2D eigenvalue weighted by atomic mass is 10.2. The van der Waals surface area contributed by atoms with Crippen molar-refractivity contribution in [1.82, 2.24) is 0 Å². The summed E-state index contributed by atoms with van der Waals surface area (Å²) in [5.74, 6) is -2.05. The van der Waals surface area contributed by atoms with Crippen LogP contribution in [0.4, 0.5) is 10.1 Å². The van der Waals surface area contributed by atoms with Crippen LogP contribution in [0.2, 0.25) is 10.0 Å². The van der Waals surface area contributed by atoms with Crippen molar-refractivity contribution in [3.8, 4) is 0 Å². The van der Waals surface area contributed by atoms with E-state index in [0.29, 0.717) is 5.69 Å². The first-order valence-corrected chi connectivity index (χ1v) is 5.28. The zero-order chi connectivity index (χ0) is 12.3. The Morgan fingerprint density at radius 2 is 2.00 bits per heavy atom. The van der Waals surface area contributed by atoms with Gasteiger partial charge in [-0.2, -0.15) is 0 Å². The maximum absolute atomic E-state index is 12.8. The summed E-state index contributed by atoms with van der Waals surface area (Å²) in [7, 11) is 0. The van der Waals surface area contributed by atoms with Crippen molar-refractivity contribution in [2.24, 2.45) is 5.92 Å². The molecule has 6 heteroatoms. The van der Waals surface area contributed by atoms with Crippen LogP contribution in [0.25, 0.3) is 0 Å². The number of carboxylic acids is 1. The molecule has 0 amide bonds. The summed E-state index contributed by atoms with van der Waals surface area (Å²) in [6.45, 7) is 1.71. The summed E-state index contributed by atoms with van der Waals surface area (Å²) in [5.41, 5.74) is 0.345. The lowest BCUT2D eigenvalue weighted by molar-refractivity contribution is -0.140. The van der Waals surface area contributed by atoms with Crippen LogP contribution in [0, 0.1) is 11.7 Å². The van der Waals surface area contributed by atoms with Gasteiger partial charge in [0.25, 0.3) is 0 Å². The monoisotopic (exact) mass is 265 g/mol. The molecule has 1 atom stereocenters. The van der Waals surface area contributed by atoms with Gasteiger partial charge in [-0.05, 0) is 12.1 Å². The molecule has 0 spiro atoms. The normalized spacial score (nSPS) is 12.2. The number of hydrogen-bond donors (Lipinski definition) is 2. The van der Waals surface area contributed by atoms with E-state index in [9.17, 15) is 9.18 Å². The molecule has 1 aromatic rings. The van der Waals surface area contributed by atoms with Gasteiger partial charge in [0.1, 0.15) is 5.82 Å². The van der Waals surface area contributed by atoms with E-state index in [0.717, 1.165) is 12.1 Å². The molecule has 0 heterocycles. The molecule has 0 fully saturated rings. The maximum Gasteiger partial charge on any atom is 0.308 e. The first kappa shape index (κ1) is 13.1. The van der Waals surface area contributed by atoms with Gasteiger partial charge in [-0.25, -0.2) is 4.39 Å². The van der Waals surface area contributed by atoms with Crippen LogP contribution < -0.4 is 5.32 Å². The second kappa shape index (κ2) is 5.37. The van der Waals surface area contributed by atoms with E-state index in [4.69, 9.17) is 28.3 Å². The van der Waals surface area contributed by atoms with Gasteiger partial charge >= 0.3 is 5.97 Å². The minimum atomic E-state index is -0.929. The Morgan fingerprint density at radius 1 is 1.50 bits per heavy atom. The average Bonchev–Trinajstić information content (AvgIpc) is 2.15. The van der Waals surface area contributed by atoms with Crippen molar-refractivity contribution >= 4 is 34.9 Å². The van der Waals surface area contributed by atoms with E-state index in [1.54, 1.807) is 6.92 Å². The fourth-order valence-electron chi connectivity index (χ4n) is 1.05. The van der Waals surface area contributed by atoms with Gasteiger partial charge in [0.05, 0.1) is 21.7 Å². The molecule has 88 valence electrons. The number of hydrogen-bond acceptors (Lipinski definition) is 2. The number of aliphatic carboxylic acids is 1. The summed E-state index contributed by atoms with van der Waals surface area (Å²) in [5, 5.41) is 11.7. The van der Waals surface area contributed by atoms with Crippen LogP contribution in [0.3, 0.4) is 0 Å². The molecule has 1 unspecified atom stereocenters. The van der Waals surface area contributed by atoms with Crippen molar-refractivity contribution in [2.75, 3.05) is 11.9 Å². The number of anilines is 1. The standard InChI is InChI=1S/C10H10Cl2FNO2/c1-5(10(15)16)4-14-9-7(11)2-6(13)3-8(9)12/h2-3,5,14H,4H2,1H3,(H,15,16). The molecule has 1 rings (SSSR count). The SMILES string of the molecule is CC(CNc1c(Cl)cc(F)cc1Cl)C(=O)O. The second-order valence-corrected chi connectivity index (χ2v) is 4.18. The zero-order valence-electron chi connectivity index (χ0n) is 8.43. The van der Waals surface area contributed by atoms with Crippen LogP contribution in [0.15, 0.2) is 12.1 Å². The quantitative estimate of drug-likeness (QED) is 0.879. The highest BCUT2D eigenvalue weighted by molar-refractivity contribution is 6.39. The fraction of sp³-hybridized carbons (Fsp3) is 0.300. The van der Waals surface area contributed by atoms with Crippen LogP contribution in [-0.2, 0) is 4.79 Å². The third-order valence-corrected chi connectivity index (χ3v) is 2.61. The Bertz CT molecular complexity index is 389. The number of carboxylic acid groups (broad SMARTS) is 1. The molecule has 0 aromatic heterocycles. The minimum Gasteiger partial charge on any atom is -0.481 e. The third kappa shape index (κ3) is 3.25. The molecule has 3 nitrogen and oxygen atoms in total. The molecule has 0 saturated heterocycles. The zero-order valence-corrected chi connectivity index (χ0v) is 9.94. The Morgan fingerprint density at radius 3 is 2.44 bits per heavy atom. The molecule has 0 radical (unpaired) electrons. The van der Waals surface area contributed by atoms with Crippen LogP contribution in [0.1, 0.15) is 6.92 Å². The lowest BCUT2D eigenvalue weighted by Gasteiger charge is -2.12. The molecular formula is C10H10Cl2FNO2. The van der Waals surface area contributed by atoms with Crippen LogP contribution in [0.5, 0.6) is 0 Å². The highest BCUT2D eigenvalue weighted by Crippen LogP contribution is 2.31. The fourth-order valence-corrected chi connectivity index (χ4v) is 1.65. The Hall–Kier alpha value is -1.00. The third-order valence-electron chi connectivity index (χ3n) is 2.01. The molecule has 0 aliphatic carbocycles. The summed E-state index contributed by atoms with van der Waals surface area (Å²) < 4.78 is 12.8. The molecule has 16 heavy (non-hydrogen) atoms. The molecule has 1 aromatic carbocycles. The largest absolute Gasteiger partial charge is 0.481 e. The predicted octanol–water partition coefficient (Wildman–Crippen LogP) is 3.27. The van der Waals surface area contributed by atoms with Crippen molar-refractivity contribution in [2.45, 2.75) is 6.92 Å². The Labute approximate surface area is 102 Å².